The lowest BCUT2D eigenvalue weighted by Gasteiger charge is -2.23. The molecule has 0 aliphatic carbocycles. The van der Waals surface area contributed by atoms with E-state index in [9.17, 15) is 14.5 Å². The molecule has 130 valence electrons. The summed E-state index contributed by atoms with van der Waals surface area (Å²) in [5.41, 5.74) is 1.51. The number of nitrogens with zero attached hydrogens (tertiary/aromatic N) is 1. The quantitative estimate of drug-likeness (QED) is 0.559. The van der Waals surface area contributed by atoms with Gasteiger partial charge < -0.3 is 9.67 Å². The number of carboxylic acid groups (broad SMARTS) is 1. The molecule has 1 aromatic heterocycles. The van der Waals surface area contributed by atoms with Crippen LogP contribution >= 0.6 is 7.14 Å². The molecule has 5 heteroatoms. The first kappa shape index (κ1) is 17.8. The van der Waals surface area contributed by atoms with Gasteiger partial charge in [-0.05, 0) is 24.1 Å². The predicted molar refractivity (Wildman–Crippen MR) is 105 cm³/mol. The number of hydrogen-bond donors (Lipinski definition) is 1. The number of pyridine rings is 1. The van der Waals surface area contributed by atoms with Crippen LogP contribution in [0.3, 0.4) is 0 Å². The molecule has 0 fully saturated rings. The molecule has 0 spiro atoms. The van der Waals surface area contributed by atoms with Gasteiger partial charge in [-0.15, -0.1) is 0 Å². The van der Waals surface area contributed by atoms with Crippen LogP contribution in [-0.2, 0) is 9.36 Å². The molecule has 0 saturated carbocycles. The van der Waals surface area contributed by atoms with E-state index < -0.39 is 13.1 Å². The van der Waals surface area contributed by atoms with Crippen LogP contribution in [0.4, 0.5) is 0 Å². The van der Waals surface area contributed by atoms with E-state index in [-0.39, 0.29) is 5.57 Å². The van der Waals surface area contributed by atoms with Crippen LogP contribution in [0.25, 0.3) is 5.57 Å². The molecule has 1 N–H and O–H groups in total. The second kappa shape index (κ2) is 7.11. The first-order valence-corrected chi connectivity index (χ1v) is 9.77. The van der Waals surface area contributed by atoms with E-state index >= 15 is 0 Å². The number of aromatic nitrogens is 1. The minimum absolute atomic E-state index is 0.0923. The second-order valence-electron chi connectivity index (χ2n) is 5.89. The van der Waals surface area contributed by atoms with Crippen LogP contribution in [-0.4, -0.2) is 16.1 Å². The Kier molecular flexibility index (Phi) is 4.88. The van der Waals surface area contributed by atoms with Crippen molar-refractivity contribution in [3.63, 3.8) is 0 Å². The van der Waals surface area contributed by atoms with E-state index in [1.165, 1.54) is 0 Å². The van der Waals surface area contributed by atoms with Crippen LogP contribution in [0.2, 0.25) is 0 Å². The van der Waals surface area contributed by atoms with Gasteiger partial charge in [-0.25, -0.2) is 4.79 Å². The topological polar surface area (TPSA) is 67.3 Å². The number of carboxylic acids is 1. The standard InChI is InChI=1S/C21H18NO3P/c1-15-9-8-14-22-20(15)26(25,17-10-4-3-5-11-17)19-13-7-6-12-18(19)16(2)21(23)24/h3-14H,2H2,1H3,(H,23,24). The average Bonchev–Trinajstić information content (AvgIpc) is 2.68. The fourth-order valence-electron chi connectivity index (χ4n) is 2.94. The summed E-state index contributed by atoms with van der Waals surface area (Å²) in [5.74, 6) is -1.14. The maximum atomic E-state index is 14.5. The Labute approximate surface area is 152 Å². The Morgan fingerprint density at radius 1 is 1.00 bits per heavy atom. The molecule has 0 aliphatic rings. The van der Waals surface area contributed by atoms with Crippen molar-refractivity contribution in [2.75, 3.05) is 0 Å². The van der Waals surface area contributed by atoms with Gasteiger partial charge in [-0.2, -0.15) is 0 Å². The molecular formula is C21H18NO3P. The van der Waals surface area contributed by atoms with Crippen molar-refractivity contribution in [3.05, 3.63) is 90.6 Å². The lowest BCUT2D eigenvalue weighted by atomic mass is 10.1. The number of aliphatic carboxylic acids is 1. The molecule has 0 radical (unpaired) electrons. The zero-order valence-corrected chi connectivity index (χ0v) is 15.2. The molecule has 3 rings (SSSR count). The fraction of sp³-hybridized carbons (Fsp3) is 0.0476. The lowest BCUT2D eigenvalue weighted by molar-refractivity contribution is -0.130. The average molecular weight is 363 g/mol. The summed E-state index contributed by atoms with van der Waals surface area (Å²) in [4.78, 5) is 15.9. The Bertz CT molecular complexity index is 1030. The first-order valence-electron chi connectivity index (χ1n) is 8.06. The minimum Gasteiger partial charge on any atom is -0.478 e. The minimum atomic E-state index is -3.38. The van der Waals surface area contributed by atoms with Gasteiger partial charge >= 0.3 is 5.97 Å². The van der Waals surface area contributed by atoms with Crippen LogP contribution in [0.15, 0.2) is 79.5 Å². The van der Waals surface area contributed by atoms with Crippen molar-refractivity contribution in [2.45, 2.75) is 6.92 Å². The van der Waals surface area contributed by atoms with Crippen LogP contribution in [0.1, 0.15) is 11.1 Å². The highest BCUT2D eigenvalue weighted by atomic mass is 31.2. The highest BCUT2D eigenvalue weighted by Crippen LogP contribution is 2.44. The summed E-state index contributed by atoms with van der Waals surface area (Å²) in [5, 5.41) is 10.5. The summed E-state index contributed by atoms with van der Waals surface area (Å²) in [7, 11) is -3.38. The van der Waals surface area contributed by atoms with Crippen LogP contribution in [0, 0.1) is 6.92 Å². The number of benzene rings is 2. The Morgan fingerprint density at radius 2 is 1.65 bits per heavy atom. The molecule has 26 heavy (non-hydrogen) atoms. The highest BCUT2D eigenvalue weighted by molar-refractivity contribution is 7.85. The molecule has 2 aromatic carbocycles. The monoisotopic (exact) mass is 363 g/mol. The zero-order valence-electron chi connectivity index (χ0n) is 14.3. The molecule has 0 saturated heterocycles. The van der Waals surface area contributed by atoms with Gasteiger partial charge in [0.1, 0.15) is 5.44 Å². The predicted octanol–water partition coefficient (Wildman–Crippen LogP) is 3.13. The summed E-state index contributed by atoms with van der Waals surface area (Å²) in [6.45, 7) is 5.52. The molecule has 3 aromatic rings. The lowest BCUT2D eigenvalue weighted by Crippen LogP contribution is -2.30. The maximum Gasteiger partial charge on any atom is 0.335 e. The number of aryl methyl sites for hydroxylation is 1. The van der Waals surface area contributed by atoms with Crippen LogP contribution in [0.5, 0.6) is 0 Å². The van der Waals surface area contributed by atoms with E-state index in [1.807, 2.05) is 31.2 Å². The van der Waals surface area contributed by atoms with E-state index in [0.717, 1.165) is 5.56 Å². The van der Waals surface area contributed by atoms with Gasteiger partial charge in [0.05, 0.1) is 5.57 Å². The molecular weight excluding hydrogens is 345 g/mol. The van der Waals surface area contributed by atoms with Crippen molar-refractivity contribution in [2.24, 2.45) is 0 Å². The van der Waals surface area contributed by atoms with Gasteiger partial charge in [-0.3, -0.25) is 4.98 Å². The Morgan fingerprint density at radius 3 is 2.31 bits per heavy atom. The second-order valence-corrected chi connectivity index (χ2v) is 8.53. The number of rotatable bonds is 5. The molecule has 1 atom stereocenters. The third kappa shape index (κ3) is 3.00. The Hall–Kier alpha value is -2.97. The molecule has 0 amide bonds. The largest absolute Gasteiger partial charge is 0.478 e. The zero-order chi connectivity index (χ0) is 18.7. The SMILES string of the molecule is C=C(C(=O)O)c1ccccc1P(=O)(c1ccccc1)c1ncccc1C. The Balaban J connectivity index is 2.39. The number of hydrogen-bond acceptors (Lipinski definition) is 3. The summed E-state index contributed by atoms with van der Waals surface area (Å²) in [6, 6.07) is 19.5. The molecule has 4 nitrogen and oxygen atoms in total. The molecule has 0 aliphatic heterocycles. The molecule has 0 bridgehead atoms. The van der Waals surface area contributed by atoms with Gasteiger partial charge in [-0.1, -0.05) is 67.2 Å². The van der Waals surface area contributed by atoms with E-state index in [1.54, 1.807) is 48.7 Å². The van der Waals surface area contributed by atoms with Crippen molar-refractivity contribution in [3.8, 4) is 0 Å². The van der Waals surface area contributed by atoms with Crippen molar-refractivity contribution >= 4 is 34.7 Å². The molecule has 1 unspecified atom stereocenters. The van der Waals surface area contributed by atoms with Crippen molar-refractivity contribution in [1.29, 1.82) is 0 Å². The van der Waals surface area contributed by atoms with Crippen molar-refractivity contribution < 1.29 is 14.5 Å². The highest BCUT2D eigenvalue weighted by Gasteiger charge is 2.35. The van der Waals surface area contributed by atoms with Gasteiger partial charge in [0, 0.05) is 16.8 Å². The summed E-state index contributed by atoms with van der Waals surface area (Å²) >= 11 is 0. The third-order valence-electron chi connectivity index (χ3n) is 4.23. The summed E-state index contributed by atoms with van der Waals surface area (Å²) in [6.07, 6.45) is 1.60. The van der Waals surface area contributed by atoms with E-state index in [0.29, 0.717) is 21.6 Å². The van der Waals surface area contributed by atoms with Gasteiger partial charge in [0.2, 0.25) is 0 Å². The van der Waals surface area contributed by atoms with E-state index in [4.69, 9.17) is 0 Å². The first-order chi connectivity index (χ1) is 12.5. The fourth-order valence-corrected chi connectivity index (χ4v) is 5.93. The molecule has 1 heterocycles. The maximum absolute atomic E-state index is 14.5. The van der Waals surface area contributed by atoms with Crippen molar-refractivity contribution in [1.82, 2.24) is 4.98 Å². The van der Waals surface area contributed by atoms with Gasteiger partial charge in [0.25, 0.3) is 0 Å². The van der Waals surface area contributed by atoms with Gasteiger partial charge in [0.15, 0.2) is 7.14 Å². The smallest absolute Gasteiger partial charge is 0.335 e. The third-order valence-corrected chi connectivity index (χ3v) is 7.39. The van der Waals surface area contributed by atoms with Crippen LogP contribution < -0.4 is 16.0 Å². The van der Waals surface area contributed by atoms with E-state index in [2.05, 4.69) is 11.6 Å². The normalized spacial score (nSPS) is 13.0. The summed E-state index contributed by atoms with van der Waals surface area (Å²) < 4.78 is 14.5. The number of carbonyl (C=O) groups is 1.